The van der Waals surface area contributed by atoms with Crippen molar-refractivity contribution in [3.05, 3.63) is 47.7 Å². The molecule has 128 valence electrons. The Morgan fingerprint density at radius 1 is 1.12 bits per heavy atom. The summed E-state index contributed by atoms with van der Waals surface area (Å²) in [6.45, 7) is 2.89. The van der Waals surface area contributed by atoms with Gasteiger partial charge >= 0.3 is 0 Å². The molecule has 1 aromatic heterocycles. The zero-order chi connectivity index (χ0) is 17.3. The first-order valence-corrected chi connectivity index (χ1v) is 9.74. The number of hydrogen-bond donors (Lipinski definition) is 0. The largest absolute Gasteiger partial charge is 0.238 e. The van der Waals surface area contributed by atoms with Gasteiger partial charge in [-0.05, 0) is 50.1 Å². The smallest absolute Gasteiger partial charge is 0.211 e. The summed E-state index contributed by atoms with van der Waals surface area (Å²) in [7, 11) is -3.14. The number of hydrogen-bond acceptors (Lipinski definition) is 4. The van der Waals surface area contributed by atoms with Crippen LogP contribution >= 0.6 is 0 Å². The van der Waals surface area contributed by atoms with Crippen molar-refractivity contribution in [1.82, 2.24) is 14.3 Å². The van der Waals surface area contributed by atoms with Gasteiger partial charge in [-0.3, -0.25) is 0 Å². The first kappa shape index (κ1) is 17.0. The molecular formula is C17H20FN3O2S. The predicted octanol–water partition coefficient (Wildman–Crippen LogP) is 2.73. The molecule has 1 fully saturated rings. The molecule has 0 spiro atoms. The van der Waals surface area contributed by atoms with E-state index in [9.17, 15) is 12.8 Å². The first-order valence-electron chi connectivity index (χ1n) is 7.89. The molecule has 0 radical (unpaired) electrons. The minimum absolute atomic E-state index is 0.141. The van der Waals surface area contributed by atoms with Crippen molar-refractivity contribution in [3.63, 3.8) is 0 Å². The summed E-state index contributed by atoms with van der Waals surface area (Å²) in [5.74, 6) is 0.600. The minimum Gasteiger partial charge on any atom is -0.238 e. The molecule has 2 aromatic rings. The van der Waals surface area contributed by atoms with E-state index < -0.39 is 10.0 Å². The summed E-state index contributed by atoms with van der Waals surface area (Å²) in [4.78, 5) is 9.18. The van der Waals surface area contributed by atoms with Crippen molar-refractivity contribution in [2.45, 2.75) is 25.7 Å². The summed E-state index contributed by atoms with van der Waals surface area (Å²) in [6, 6.07) is 8.11. The van der Waals surface area contributed by atoms with Crippen LogP contribution in [0.5, 0.6) is 0 Å². The zero-order valence-corrected chi connectivity index (χ0v) is 14.6. The lowest BCUT2D eigenvalue weighted by Crippen LogP contribution is -2.37. The number of halogens is 1. The minimum atomic E-state index is -3.14. The third-order valence-corrected chi connectivity index (χ3v) is 5.60. The second-order valence-electron chi connectivity index (χ2n) is 6.20. The van der Waals surface area contributed by atoms with Crippen molar-refractivity contribution in [2.24, 2.45) is 0 Å². The molecular weight excluding hydrogens is 329 g/mol. The van der Waals surface area contributed by atoms with Crippen LogP contribution in [-0.4, -0.2) is 42.0 Å². The molecule has 0 amide bonds. The third-order valence-electron chi connectivity index (χ3n) is 4.30. The van der Waals surface area contributed by atoms with E-state index in [1.165, 1.54) is 22.7 Å². The number of benzene rings is 1. The van der Waals surface area contributed by atoms with Crippen molar-refractivity contribution in [3.8, 4) is 11.3 Å². The van der Waals surface area contributed by atoms with Crippen LogP contribution in [0.3, 0.4) is 0 Å². The Bertz CT molecular complexity index is 829. The van der Waals surface area contributed by atoms with Gasteiger partial charge in [-0.2, -0.15) is 0 Å². The molecule has 1 aliphatic heterocycles. The van der Waals surface area contributed by atoms with Gasteiger partial charge in [0.1, 0.15) is 11.6 Å². The molecule has 1 saturated heterocycles. The summed E-state index contributed by atoms with van der Waals surface area (Å²) in [6.07, 6.45) is 2.65. The average Bonchev–Trinajstić information content (AvgIpc) is 2.54. The van der Waals surface area contributed by atoms with Gasteiger partial charge in [0.25, 0.3) is 0 Å². The van der Waals surface area contributed by atoms with Crippen LogP contribution in [0.25, 0.3) is 11.3 Å². The summed E-state index contributed by atoms with van der Waals surface area (Å²) < 4.78 is 37.8. The number of sulfonamides is 1. The van der Waals surface area contributed by atoms with E-state index in [2.05, 4.69) is 9.97 Å². The predicted molar refractivity (Wildman–Crippen MR) is 90.6 cm³/mol. The Kier molecular flexibility index (Phi) is 4.64. The van der Waals surface area contributed by atoms with Gasteiger partial charge in [0.2, 0.25) is 10.0 Å². The first-order chi connectivity index (χ1) is 11.3. The maximum Gasteiger partial charge on any atom is 0.211 e. The quantitative estimate of drug-likeness (QED) is 0.855. The number of rotatable bonds is 3. The SMILES string of the molecule is Cc1cc(-c2ccc(F)cc2)nc(C2CCN(S(C)(=O)=O)CC2)n1. The number of piperidine rings is 1. The molecule has 1 aromatic carbocycles. The summed E-state index contributed by atoms with van der Waals surface area (Å²) in [5.41, 5.74) is 2.46. The van der Waals surface area contributed by atoms with E-state index in [1.807, 2.05) is 13.0 Å². The fourth-order valence-electron chi connectivity index (χ4n) is 2.99. The van der Waals surface area contributed by atoms with E-state index in [1.54, 1.807) is 12.1 Å². The molecule has 0 aliphatic carbocycles. The van der Waals surface area contributed by atoms with Crippen LogP contribution in [0.15, 0.2) is 30.3 Å². The molecule has 5 nitrogen and oxygen atoms in total. The topological polar surface area (TPSA) is 63.2 Å². The van der Waals surface area contributed by atoms with E-state index in [0.717, 1.165) is 22.8 Å². The highest BCUT2D eigenvalue weighted by Gasteiger charge is 2.27. The van der Waals surface area contributed by atoms with E-state index in [0.29, 0.717) is 25.9 Å². The molecule has 0 unspecified atom stereocenters. The number of nitrogens with zero attached hydrogens (tertiary/aromatic N) is 3. The molecule has 0 bridgehead atoms. The molecule has 0 saturated carbocycles. The van der Waals surface area contributed by atoms with Gasteiger partial charge in [-0.1, -0.05) is 0 Å². The van der Waals surface area contributed by atoms with Crippen LogP contribution in [0.1, 0.15) is 30.3 Å². The summed E-state index contributed by atoms with van der Waals surface area (Å²) in [5, 5.41) is 0. The monoisotopic (exact) mass is 349 g/mol. The Morgan fingerprint density at radius 2 is 1.75 bits per heavy atom. The molecule has 1 aliphatic rings. The lowest BCUT2D eigenvalue weighted by Gasteiger charge is -2.29. The van der Waals surface area contributed by atoms with Gasteiger partial charge in [0.05, 0.1) is 11.9 Å². The highest BCUT2D eigenvalue weighted by Crippen LogP contribution is 2.28. The highest BCUT2D eigenvalue weighted by atomic mass is 32.2. The van der Waals surface area contributed by atoms with Crippen LogP contribution in [-0.2, 0) is 10.0 Å². The second-order valence-corrected chi connectivity index (χ2v) is 8.18. The Labute approximate surface area is 141 Å². The number of aryl methyl sites for hydroxylation is 1. The van der Waals surface area contributed by atoms with E-state index in [-0.39, 0.29) is 11.7 Å². The van der Waals surface area contributed by atoms with E-state index >= 15 is 0 Å². The van der Waals surface area contributed by atoms with Crippen molar-refractivity contribution >= 4 is 10.0 Å². The lowest BCUT2D eigenvalue weighted by molar-refractivity contribution is 0.315. The van der Waals surface area contributed by atoms with Crippen LogP contribution < -0.4 is 0 Å². The normalized spacial score (nSPS) is 17.1. The number of aromatic nitrogens is 2. The Hall–Kier alpha value is -1.86. The standard InChI is InChI=1S/C17H20FN3O2S/c1-12-11-16(13-3-5-15(18)6-4-13)20-17(19-12)14-7-9-21(10-8-14)24(2,22)23/h3-6,11,14H,7-10H2,1-2H3. The molecule has 7 heteroatoms. The fourth-order valence-corrected chi connectivity index (χ4v) is 3.86. The molecule has 0 N–H and O–H groups in total. The van der Waals surface area contributed by atoms with Gasteiger partial charge in [-0.15, -0.1) is 0 Å². The zero-order valence-electron chi connectivity index (χ0n) is 13.7. The van der Waals surface area contributed by atoms with Crippen molar-refractivity contribution in [2.75, 3.05) is 19.3 Å². The van der Waals surface area contributed by atoms with Crippen LogP contribution in [0, 0.1) is 12.7 Å². The fraction of sp³-hybridized carbons (Fsp3) is 0.412. The van der Waals surface area contributed by atoms with Gasteiger partial charge in [0, 0.05) is 30.3 Å². The molecule has 0 atom stereocenters. The average molecular weight is 349 g/mol. The third kappa shape index (κ3) is 3.79. The maximum atomic E-state index is 13.1. The van der Waals surface area contributed by atoms with Gasteiger partial charge in [-0.25, -0.2) is 27.1 Å². The van der Waals surface area contributed by atoms with Gasteiger partial charge in [0.15, 0.2) is 0 Å². The molecule has 3 rings (SSSR count). The maximum absolute atomic E-state index is 13.1. The van der Waals surface area contributed by atoms with Crippen LogP contribution in [0.4, 0.5) is 4.39 Å². The Balaban J connectivity index is 1.83. The second kappa shape index (κ2) is 6.57. The molecule has 24 heavy (non-hydrogen) atoms. The summed E-state index contributed by atoms with van der Waals surface area (Å²) >= 11 is 0. The Morgan fingerprint density at radius 3 is 2.33 bits per heavy atom. The van der Waals surface area contributed by atoms with Crippen molar-refractivity contribution in [1.29, 1.82) is 0 Å². The van der Waals surface area contributed by atoms with E-state index in [4.69, 9.17) is 0 Å². The van der Waals surface area contributed by atoms with Crippen molar-refractivity contribution < 1.29 is 12.8 Å². The molecule has 2 heterocycles. The lowest BCUT2D eigenvalue weighted by atomic mass is 9.97. The van der Waals surface area contributed by atoms with Gasteiger partial charge < -0.3 is 0 Å². The van der Waals surface area contributed by atoms with Crippen LogP contribution in [0.2, 0.25) is 0 Å². The highest BCUT2D eigenvalue weighted by molar-refractivity contribution is 7.88.